The van der Waals surface area contributed by atoms with Crippen LogP contribution in [0.15, 0.2) is 48.5 Å². The van der Waals surface area contributed by atoms with Gasteiger partial charge in [-0.3, -0.25) is 0 Å². The van der Waals surface area contributed by atoms with Crippen molar-refractivity contribution in [1.29, 1.82) is 0 Å². The van der Waals surface area contributed by atoms with E-state index in [9.17, 15) is 17.6 Å². The van der Waals surface area contributed by atoms with Gasteiger partial charge in [-0.25, -0.2) is 17.6 Å². The summed E-state index contributed by atoms with van der Waals surface area (Å²) in [6.07, 6.45) is 3.38. The van der Waals surface area contributed by atoms with Crippen LogP contribution in [0.5, 0.6) is 0 Å². The predicted molar refractivity (Wildman–Crippen MR) is 114 cm³/mol. The molecule has 1 aliphatic rings. The van der Waals surface area contributed by atoms with E-state index in [1.807, 2.05) is 25.1 Å². The molecule has 0 fully saturated rings. The first-order valence-electron chi connectivity index (χ1n) is 10.5. The van der Waals surface area contributed by atoms with Crippen molar-refractivity contribution >= 4 is 0 Å². The third kappa shape index (κ3) is 4.51. The quantitative estimate of drug-likeness (QED) is 0.319. The van der Waals surface area contributed by atoms with E-state index in [-0.39, 0.29) is 17.0 Å². The lowest BCUT2D eigenvalue weighted by Gasteiger charge is -2.26. The van der Waals surface area contributed by atoms with Crippen LogP contribution < -0.4 is 0 Å². The van der Waals surface area contributed by atoms with Gasteiger partial charge in [-0.2, -0.15) is 0 Å². The van der Waals surface area contributed by atoms with E-state index in [0.717, 1.165) is 23.6 Å². The monoisotopic (exact) mass is 422 g/mol. The summed E-state index contributed by atoms with van der Waals surface area (Å²) in [6, 6.07) is 12.5. The fraction of sp³-hybridized carbons (Fsp3) is 0.259. The highest BCUT2D eigenvalue weighted by Gasteiger charge is 2.26. The highest BCUT2D eigenvalue weighted by molar-refractivity contribution is 5.47. The van der Waals surface area contributed by atoms with Crippen molar-refractivity contribution in [2.45, 2.75) is 44.9 Å². The fourth-order valence-electron chi connectivity index (χ4n) is 4.28. The molecule has 0 spiro atoms. The molecule has 0 nitrogen and oxygen atoms in total. The van der Waals surface area contributed by atoms with E-state index in [1.54, 1.807) is 0 Å². The number of hydrogen-bond acceptors (Lipinski definition) is 0. The molecule has 31 heavy (non-hydrogen) atoms. The minimum atomic E-state index is -0.954. The molecule has 0 N–H and O–H groups in total. The summed E-state index contributed by atoms with van der Waals surface area (Å²) in [6.45, 7) is 1.98. The van der Waals surface area contributed by atoms with Crippen LogP contribution >= 0.6 is 0 Å². The number of aryl methyl sites for hydroxylation is 2. The first kappa shape index (κ1) is 21.2. The van der Waals surface area contributed by atoms with E-state index < -0.39 is 23.3 Å². The number of rotatable bonds is 3. The summed E-state index contributed by atoms with van der Waals surface area (Å²) in [5, 5.41) is 0. The number of hydrogen-bond donors (Lipinski definition) is 0. The summed E-state index contributed by atoms with van der Waals surface area (Å²) in [4.78, 5) is 0. The smallest absolute Gasteiger partial charge is 0.174 e. The molecule has 0 aromatic heterocycles. The highest BCUT2D eigenvalue weighted by atomic mass is 19.2. The van der Waals surface area contributed by atoms with Crippen LogP contribution in [0.2, 0.25) is 0 Å². The first-order valence-corrected chi connectivity index (χ1v) is 10.5. The fourth-order valence-corrected chi connectivity index (χ4v) is 4.28. The van der Waals surface area contributed by atoms with E-state index in [0.29, 0.717) is 36.8 Å². The maximum atomic E-state index is 14.7. The minimum Gasteiger partial charge on any atom is -0.207 e. The summed E-state index contributed by atoms with van der Waals surface area (Å²) >= 11 is 0. The lowest BCUT2D eigenvalue weighted by atomic mass is 9.79. The summed E-state index contributed by atoms with van der Waals surface area (Å²) in [5.74, 6) is 2.55. The first-order chi connectivity index (χ1) is 15.0. The molecule has 4 heteroatoms. The molecule has 0 radical (unpaired) electrons. The van der Waals surface area contributed by atoms with Gasteiger partial charge in [0.1, 0.15) is 11.6 Å². The van der Waals surface area contributed by atoms with Crippen LogP contribution in [0.3, 0.4) is 0 Å². The van der Waals surface area contributed by atoms with Gasteiger partial charge in [-0.1, -0.05) is 37.3 Å². The molecule has 0 bridgehead atoms. The Morgan fingerprint density at radius 1 is 0.871 bits per heavy atom. The molecule has 0 saturated heterocycles. The van der Waals surface area contributed by atoms with Crippen LogP contribution in [0.25, 0.3) is 0 Å². The summed E-state index contributed by atoms with van der Waals surface area (Å²) < 4.78 is 56.4. The number of benzene rings is 3. The van der Waals surface area contributed by atoms with Gasteiger partial charge in [-0.05, 0) is 84.7 Å². The van der Waals surface area contributed by atoms with Crippen molar-refractivity contribution in [3.05, 3.63) is 105 Å². The Balaban J connectivity index is 1.56. The highest BCUT2D eigenvalue weighted by Crippen LogP contribution is 2.36. The van der Waals surface area contributed by atoms with Crippen molar-refractivity contribution < 1.29 is 17.6 Å². The van der Waals surface area contributed by atoms with Crippen LogP contribution in [0, 0.1) is 35.1 Å². The van der Waals surface area contributed by atoms with Crippen LogP contribution in [-0.2, 0) is 19.3 Å². The van der Waals surface area contributed by atoms with Gasteiger partial charge in [-0.15, -0.1) is 0 Å². The Kier molecular flexibility index (Phi) is 6.13. The second kappa shape index (κ2) is 8.98. The predicted octanol–water partition coefficient (Wildman–Crippen LogP) is 6.87. The lowest BCUT2D eigenvalue weighted by Crippen LogP contribution is -2.16. The minimum absolute atomic E-state index is 0.00950. The van der Waals surface area contributed by atoms with Crippen molar-refractivity contribution in [2.24, 2.45) is 0 Å². The lowest BCUT2D eigenvalue weighted by molar-refractivity contribution is 0.489. The van der Waals surface area contributed by atoms with E-state index >= 15 is 0 Å². The van der Waals surface area contributed by atoms with Crippen LogP contribution in [0.4, 0.5) is 17.6 Å². The average molecular weight is 422 g/mol. The Morgan fingerprint density at radius 2 is 1.65 bits per heavy atom. The molecular weight excluding hydrogens is 400 g/mol. The molecule has 1 aliphatic carbocycles. The zero-order valence-corrected chi connectivity index (χ0v) is 17.2. The van der Waals surface area contributed by atoms with Crippen LogP contribution in [0.1, 0.15) is 59.1 Å². The average Bonchev–Trinajstić information content (AvgIpc) is 2.74. The molecule has 0 amide bonds. The number of halogens is 4. The molecule has 3 aromatic rings. The van der Waals surface area contributed by atoms with Crippen molar-refractivity contribution in [3.8, 4) is 11.8 Å². The zero-order chi connectivity index (χ0) is 22.0. The van der Waals surface area contributed by atoms with Gasteiger partial charge in [0.25, 0.3) is 0 Å². The molecule has 1 atom stereocenters. The second-order valence-corrected chi connectivity index (χ2v) is 8.00. The third-order valence-electron chi connectivity index (χ3n) is 5.81. The molecule has 1 unspecified atom stereocenters. The topological polar surface area (TPSA) is 0 Å². The van der Waals surface area contributed by atoms with Gasteiger partial charge in [0, 0.05) is 11.1 Å². The van der Waals surface area contributed by atoms with E-state index in [4.69, 9.17) is 0 Å². The second-order valence-electron chi connectivity index (χ2n) is 8.00. The van der Waals surface area contributed by atoms with Gasteiger partial charge >= 0.3 is 0 Å². The van der Waals surface area contributed by atoms with Gasteiger partial charge in [0.05, 0.1) is 5.56 Å². The van der Waals surface area contributed by atoms with Gasteiger partial charge in [0.15, 0.2) is 11.6 Å². The normalized spacial score (nSPS) is 15.2. The molecular formula is C27H22F4. The maximum Gasteiger partial charge on any atom is 0.174 e. The Bertz CT molecular complexity index is 1160. The van der Waals surface area contributed by atoms with Gasteiger partial charge in [0.2, 0.25) is 0 Å². The van der Waals surface area contributed by atoms with Crippen LogP contribution in [-0.4, -0.2) is 0 Å². The molecule has 0 heterocycles. The standard InChI is InChI=1S/C27H22F4/c1-2-4-18-14-24(29)26(25(30)15-18)22-12-11-20-13-17(8-10-21(20)16-22)7-9-19-5-3-6-23(28)27(19)31/h3,5-6,8,10,13-15,22H,2,4,11-12,16H2,1H3. The maximum absolute atomic E-state index is 14.7. The Labute approximate surface area is 179 Å². The summed E-state index contributed by atoms with van der Waals surface area (Å²) in [5.41, 5.74) is 3.69. The molecule has 3 aromatic carbocycles. The molecule has 0 saturated carbocycles. The zero-order valence-electron chi connectivity index (χ0n) is 17.2. The SMILES string of the molecule is CCCc1cc(F)c(C2CCc3cc(C#Cc4cccc(F)c4F)ccc3C2)c(F)c1. The van der Waals surface area contributed by atoms with Gasteiger partial charge < -0.3 is 0 Å². The molecule has 158 valence electrons. The Morgan fingerprint density at radius 3 is 2.39 bits per heavy atom. The third-order valence-corrected chi connectivity index (χ3v) is 5.81. The molecule has 4 rings (SSSR count). The van der Waals surface area contributed by atoms with E-state index in [1.165, 1.54) is 24.3 Å². The van der Waals surface area contributed by atoms with E-state index in [2.05, 4.69) is 11.8 Å². The van der Waals surface area contributed by atoms with Crippen molar-refractivity contribution in [1.82, 2.24) is 0 Å². The largest absolute Gasteiger partial charge is 0.207 e. The van der Waals surface area contributed by atoms with Crippen molar-refractivity contribution in [2.75, 3.05) is 0 Å². The molecule has 0 aliphatic heterocycles. The van der Waals surface area contributed by atoms with Crippen molar-refractivity contribution in [3.63, 3.8) is 0 Å². The summed E-state index contributed by atoms with van der Waals surface area (Å²) in [7, 11) is 0. The Hall–Kier alpha value is -3.06. The number of fused-ring (bicyclic) bond motifs is 1.